The summed E-state index contributed by atoms with van der Waals surface area (Å²) in [6.45, 7) is 0. The van der Waals surface area contributed by atoms with E-state index in [-0.39, 0.29) is 24.1 Å². The van der Waals surface area contributed by atoms with Crippen molar-refractivity contribution in [1.82, 2.24) is 9.88 Å². The zero-order valence-electron chi connectivity index (χ0n) is 17.9. The number of hydrogen-bond donors (Lipinski definition) is 0. The molecule has 5 rings (SSSR count). The van der Waals surface area contributed by atoms with Gasteiger partial charge in [0.1, 0.15) is 17.6 Å². The van der Waals surface area contributed by atoms with Gasteiger partial charge in [0.2, 0.25) is 5.91 Å². The smallest absolute Gasteiger partial charge is 0.223 e. The van der Waals surface area contributed by atoms with Gasteiger partial charge in [-0.2, -0.15) is 0 Å². The molecule has 3 heterocycles. The lowest BCUT2D eigenvalue weighted by molar-refractivity contribution is -0.137. The van der Waals surface area contributed by atoms with Gasteiger partial charge < -0.3 is 14.4 Å². The van der Waals surface area contributed by atoms with Crippen LogP contribution in [0.4, 0.5) is 0 Å². The van der Waals surface area contributed by atoms with Crippen molar-refractivity contribution in [3.05, 3.63) is 66.5 Å². The lowest BCUT2D eigenvalue weighted by Crippen LogP contribution is -2.49. The van der Waals surface area contributed by atoms with Gasteiger partial charge in [0.25, 0.3) is 0 Å². The van der Waals surface area contributed by atoms with Crippen LogP contribution in [0.5, 0.6) is 11.5 Å². The summed E-state index contributed by atoms with van der Waals surface area (Å²) < 4.78 is 11.8. The van der Waals surface area contributed by atoms with Crippen LogP contribution in [0, 0.1) is 0 Å². The van der Waals surface area contributed by atoms with Crippen molar-refractivity contribution in [3.8, 4) is 11.5 Å². The maximum atomic E-state index is 13.3. The summed E-state index contributed by atoms with van der Waals surface area (Å²) in [5.41, 5.74) is 1.12. The van der Waals surface area contributed by atoms with Crippen molar-refractivity contribution in [1.29, 1.82) is 0 Å². The van der Waals surface area contributed by atoms with Gasteiger partial charge >= 0.3 is 0 Å². The first kappa shape index (κ1) is 19.9. The topological polar surface area (TPSA) is 51.7 Å². The molecule has 0 aliphatic carbocycles. The molecule has 160 valence electrons. The van der Waals surface area contributed by atoms with Crippen LogP contribution in [0.1, 0.15) is 37.7 Å². The molecule has 2 aliphatic rings. The molecule has 2 bridgehead atoms. The number of benzene rings is 2. The largest absolute Gasteiger partial charge is 0.496 e. The third-order valence-corrected chi connectivity index (χ3v) is 6.72. The average Bonchev–Trinajstić information content (AvgIpc) is 3.08. The van der Waals surface area contributed by atoms with Gasteiger partial charge in [-0.3, -0.25) is 9.78 Å². The average molecular weight is 417 g/mol. The van der Waals surface area contributed by atoms with Crippen molar-refractivity contribution < 1.29 is 14.3 Å². The van der Waals surface area contributed by atoms with Crippen LogP contribution in [-0.2, 0) is 11.2 Å². The van der Waals surface area contributed by atoms with Crippen LogP contribution in [0.3, 0.4) is 0 Å². The fraction of sp³-hybridized carbons (Fsp3) is 0.385. The zero-order valence-corrected chi connectivity index (χ0v) is 17.9. The van der Waals surface area contributed by atoms with Crippen LogP contribution in [-0.4, -0.2) is 41.1 Å². The number of aromatic nitrogens is 1. The third-order valence-electron chi connectivity index (χ3n) is 6.72. The number of carbonyl (C=O) groups excluding carboxylic acids is 1. The standard InChI is InChI=1S/C26H28N2O3/c1-30-25-12-8-18-5-2-3-7-23(18)24(25)11-13-26(29)28-19-9-10-20(28)16-22(15-19)31-21-6-4-14-27-17-21/h2-8,12,14,17,19-20,22H,9-11,13,15-16H2,1H3/t19-,20-/m0/s1. The van der Waals surface area contributed by atoms with Crippen LogP contribution >= 0.6 is 0 Å². The van der Waals surface area contributed by atoms with E-state index in [1.54, 1.807) is 19.5 Å². The number of methoxy groups -OCH3 is 1. The SMILES string of the molecule is COc1ccc2ccccc2c1CCC(=O)N1[C@H]2CC[C@H]1CC(Oc1cccnc1)C2. The molecule has 2 aliphatic heterocycles. The summed E-state index contributed by atoms with van der Waals surface area (Å²) in [4.78, 5) is 19.6. The molecule has 0 spiro atoms. The minimum Gasteiger partial charge on any atom is -0.496 e. The number of aryl methyl sites for hydroxylation is 1. The fourth-order valence-electron chi connectivity index (χ4n) is 5.37. The summed E-state index contributed by atoms with van der Waals surface area (Å²) >= 11 is 0. The molecule has 2 fully saturated rings. The minimum absolute atomic E-state index is 0.156. The Morgan fingerprint density at radius 2 is 1.87 bits per heavy atom. The molecule has 0 radical (unpaired) electrons. The highest BCUT2D eigenvalue weighted by Crippen LogP contribution is 2.38. The van der Waals surface area contributed by atoms with Gasteiger partial charge in [0.05, 0.1) is 13.3 Å². The molecule has 3 aromatic rings. The van der Waals surface area contributed by atoms with Gasteiger partial charge in [-0.15, -0.1) is 0 Å². The molecule has 2 saturated heterocycles. The molecule has 1 amide bonds. The first-order valence-corrected chi connectivity index (χ1v) is 11.2. The molecular weight excluding hydrogens is 388 g/mol. The summed E-state index contributed by atoms with van der Waals surface area (Å²) in [6, 6.07) is 16.8. The summed E-state index contributed by atoms with van der Waals surface area (Å²) in [7, 11) is 1.70. The predicted octanol–water partition coefficient (Wildman–Crippen LogP) is 4.78. The minimum atomic E-state index is 0.156. The molecule has 0 unspecified atom stereocenters. The van der Waals surface area contributed by atoms with Gasteiger partial charge in [0, 0.05) is 43.1 Å². The predicted molar refractivity (Wildman–Crippen MR) is 120 cm³/mol. The second-order valence-corrected chi connectivity index (χ2v) is 8.55. The second kappa shape index (κ2) is 8.58. The van der Waals surface area contributed by atoms with E-state index >= 15 is 0 Å². The molecule has 2 atom stereocenters. The fourth-order valence-corrected chi connectivity index (χ4v) is 5.37. The maximum Gasteiger partial charge on any atom is 0.223 e. The number of carbonyl (C=O) groups is 1. The van der Waals surface area contributed by atoms with Gasteiger partial charge in [0.15, 0.2) is 0 Å². The molecule has 1 aromatic heterocycles. The monoisotopic (exact) mass is 416 g/mol. The number of piperidine rings is 1. The number of hydrogen-bond acceptors (Lipinski definition) is 4. The summed E-state index contributed by atoms with van der Waals surface area (Å²) in [5, 5.41) is 2.35. The maximum absolute atomic E-state index is 13.3. The van der Waals surface area contributed by atoms with E-state index in [9.17, 15) is 4.79 Å². The van der Waals surface area contributed by atoms with E-state index in [1.165, 1.54) is 10.8 Å². The molecule has 2 aromatic carbocycles. The molecule has 5 heteroatoms. The number of pyridine rings is 1. The number of fused-ring (bicyclic) bond motifs is 3. The van der Waals surface area contributed by atoms with E-state index in [0.29, 0.717) is 12.8 Å². The van der Waals surface area contributed by atoms with Crippen LogP contribution < -0.4 is 9.47 Å². The quantitative estimate of drug-likeness (QED) is 0.580. The number of amides is 1. The van der Waals surface area contributed by atoms with Crippen molar-refractivity contribution in [2.24, 2.45) is 0 Å². The summed E-state index contributed by atoms with van der Waals surface area (Å²) in [6.07, 6.45) is 8.80. The molecule has 5 nitrogen and oxygen atoms in total. The molecule has 31 heavy (non-hydrogen) atoms. The zero-order chi connectivity index (χ0) is 21.2. The van der Waals surface area contributed by atoms with Gasteiger partial charge in [-0.05, 0) is 48.2 Å². The van der Waals surface area contributed by atoms with Gasteiger partial charge in [-0.1, -0.05) is 30.3 Å². The van der Waals surface area contributed by atoms with Crippen molar-refractivity contribution >= 4 is 16.7 Å². The lowest BCUT2D eigenvalue weighted by atomic mass is 9.97. The first-order chi connectivity index (χ1) is 15.2. The highest BCUT2D eigenvalue weighted by molar-refractivity contribution is 5.88. The Kier molecular flexibility index (Phi) is 5.49. The van der Waals surface area contributed by atoms with Crippen molar-refractivity contribution in [2.45, 2.75) is 56.7 Å². The van der Waals surface area contributed by atoms with E-state index in [4.69, 9.17) is 9.47 Å². The Morgan fingerprint density at radius 3 is 2.61 bits per heavy atom. The van der Waals surface area contributed by atoms with Crippen LogP contribution in [0.25, 0.3) is 10.8 Å². The molecular formula is C26H28N2O3. The van der Waals surface area contributed by atoms with Crippen molar-refractivity contribution in [3.63, 3.8) is 0 Å². The van der Waals surface area contributed by atoms with E-state index in [1.807, 2.05) is 30.3 Å². The Hall–Kier alpha value is -3.08. The van der Waals surface area contributed by atoms with Crippen LogP contribution in [0.2, 0.25) is 0 Å². The van der Waals surface area contributed by atoms with Crippen LogP contribution in [0.15, 0.2) is 60.9 Å². The number of nitrogens with zero attached hydrogens (tertiary/aromatic N) is 2. The molecule has 0 N–H and O–H groups in total. The van der Waals surface area contributed by atoms with E-state index < -0.39 is 0 Å². The highest BCUT2D eigenvalue weighted by atomic mass is 16.5. The second-order valence-electron chi connectivity index (χ2n) is 8.55. The Morgan fingerprint density at radius 1 is 1.06 bits per heavy atom. The van der Waals surface area contributed by atoms with Gasteiger partial charge in [-0.25, -0.2) is 0 Å². The first-order valence-electron chi connectivity index (χ1n) is 11.2. The number of ether oxygens (including phenoxy) is 2. The highest BCUT2D eigenvalue weighted by Gasteiger charge is 2.43. The number of rotatable bonds is 6. The van der Waals surface area contributed by atoms with E-state index in [0.717, 1.165) is 42.7 Å². The Bertz CT molecular complexity index is 1050. The summed E-state index contributed by atoms with van der Waals surface area (Å²) in [5.74, 6) is 1.93. The lowest BCUT2D eigenvalue weighted by Gasteiger charge is -2.39. The Labute approximate surface area is 183 Å². The van der Waals surface area contributed by atoms with E-state index in [2.05, 4.69) is 28.1 Å². The van der Waals surface area contributed by atoms with Crippen molar-refractivity contribution in [2.75, 3.05) is 7.11 Å². The Balaban J connectivity index is 1.27. The third kappa shape index (κ3) is 3.97. The normalized spacial score (nSPS) is 22.5. The molecule has 0 saturated carbocycles.